The van der Waals surface area contributed by atoms with Gasteiger partial charge in [0.25, 0.3) is 0 Å². The first kappa shape index (κ1) is 23.0. The molecule has 2 fully saturated rings. The summed E-state index contributed by atoms with van der Waals surface area (Å²) in [6.07, 6.45) is -2.55. The zero-order valence-electron chi connectivity index (χ0n) is 17.2. The molecule has 1 saturated carbocycles. The highest BCUT2D eigenvalue weighted by molar-refractivity contribution is 5.97. The van der Waals surface area contributed by atoms with Crippen molar-refractivity contribution in [2.45, 2.75) is 38.1 Å². The zero-order valence-corrected chi connectivity index (χ0v) is 17.2. The van der Waals surface area contributed by atoms with Gasteiger partial charge in [-0.15, -0.1) is 13.2 Å². The van der Waals surface area contributed by atoms with Gasteiger partial charge in [0.05, 0.1) is 10.9 Å². The molecule has 1 aliphatic carbocycles. The van der Waals surface area contributed by atoms with Gasteiger partial charge in [-0.05, 0) is 37.3 Å². The normalized spacial score (nSPS) is 18.5. The maximum atomic E-state index is 15.3. The molecule has 1 aromatic carbocycles. The van der Waals surface area contributed by atoms with E-state index >= 15 is 4.39 Å². The number of halogens is 5. The fourth-order valence-corrected chi connectivity index (χ4v) is 4.17. The number of rotatable bonds is 5. The summed E-state index contributed by atoms with van der Waals surface area (Å²) in [5.41, 5.74) is 2.84. The second kappa shape index (κ2) is 8.32. The third kappa shape index (κ3) is 4.39. The molecule has 2 aromatic rings. The molecule has 7 nitrogen and oxygen atoms in total. The Kier molecular flexibility index (Phi) is 5.81. The van der Waals surface area contributed by atoms with Crippen molar-refractivity contribution in [2.75, 3.05) is 24.5 Å². The van der Waals surface area contributed by atoms with Gasteiger partial charge in [0.15, 0.2) is 11.6 Å². The summed E-state index contributed by atoms with van der Waals surface area (Å²) >= 11 is 0. The highest BCUT2D eigenvalue weighted by Gasteiger charge is 2.38. The first-order chi connectivity index (χ1) is 15.5. The van der Waals surface area contributed by atoms with Gasteiger partial charge in [0.1, 0.15) is 17.1 Å². The molecule has 1 aliphatic heterocycles. The van der Waals surface area contributed by atoms with E-state index < -0.39 is 58.3 Å². The molecule has 33 heavy (non-hydrogen) atoms. The minimum Gasteiger partial charge on any atom is -0.477 e. The number of piperidine rings is 1. The second-order valence-electron chi connectivity index (χ2n) is 8.03. The molecular weight excluding hydrogens is 453 g/mol. The smallest absolute Gasteiger partial charge is 0.477 e. The number of nitrogens with zero attached hydrogens (tertiary/aromatic N) is 2. The van der Waals surface area contributed by atoms with Gasteiger partial charge >= 0.3 is 12.3 Å². The maximum Gasteiger partial charge on any atom is 0.573 e. The number of alkyl halides is 3. The number of aromatic carboxylic acids is 1. The van der Waals surface area contributed by atoms with E-state index in [-0.39, 0.29) is 30.2 Å². The Labute approximate surface area is 183 Å². The fourth-order valence-electron chi connectivity index (χ4n) is 4.17. The summed E-state index contributed by atoms with van der Waals surface area (Å²) in [6.45, 7) is -0.492. The highest BCUT2D eigenvalue weighted by atomic mass is 19.4. The van der Waals surface area contributed by atoms with E-state index in [1.807, 2.05) is 0 Å². The summed E-state index contributed by atoms with van der Waals surface area (Å²) in [7, 11) is 0. The molecule has 1 aromatic heterocycles. The topological polar surface area (TPSA) is 97.8 Å². The number of fused-ring (bicyclic) bond motifs is 1. The number of benzene rings is 1. The molecule has 0 atom stereocenters. The summed E-state index contributed by atoms with van der Waals surface area (Å²) in [5.74, 6) is -4.37. The molecular formula is C21H20F5N3O4. The Hall–Kier alpha value is -3.15. The Morgan fingerprint density at radius 2 is 2.00 bits per heavy atom. The number of hydrogen-bond donors (Lipinski definition) is 2. The van der Waals surface area contributed by atoms with E-state index in [2.05, 4.69) is 4.74 Å². The maximum absolute atomic E-state index is 15.3. The molecule has 4 rings (SSSR count). The number of anilines is 1. The SMILES string of the molecule is NC/C(F)=C1\CCCN(c2c(F)cc3c(=O)c(C(=O)O)cn(C4CC4)c3c2OC(F)(F)F)C1. The van der Waals surface area contributed by atoms with Gasteiger partial charge in [-0.25, -0.2) is 13.6 Å². The van der Waals surface area contributed by atoms with Crippen molar-refractivity contribution in [3.8, 4) is 5.75 Å². The largest absolute Gasteiger partial charge is 0.573 e. The van der Waals surface area contributed by atoms with Crippen LogP contribution in [0.15, 0.2) is 28.5 Å². The van der Waals surface area contributed by atoms with Crippen LogP contribution in [0.4, 0.5) is 27.6 Å². The van der Waals surface area contributed by atoms with Crippen LogP contribution in [0.1, 0.15) is 42.1 Å². The van der Waals surface area contributed by atoms with Crippen LogP contribution in [0.2, 0.25) is 0 Å². The van der Waals surface area contributed by atoms with Crippen LogP contribution in [0.5, 0.6) is 5.75 Å². The lowest BCUT2D eigenvalue weighted by Gasteiger charge is -2.33. The number of hydrogen-bond acceptors (Lipinski definition) is 5. The van der Waals surface area contributed by atoms with Crippen LogP contribution < -0.4 is 20.8 Å². The minimum absolute atomic E-state index is 0.110. The Morgan fingerprint density at radius 3 is 2.58 bits per heavy atom. The van der Waals surface area contributed by atoms with E-state index in [0.717, 1.165) is 12.3 Å². The summed E-state index contributed by atoms with van der Waals surface area (Å²) in [4.78, 5) is 25.5. The zero-order chi connectivity index (χ0) is 24.1. The van der Waals surface area contributed by atoms with Crippen molar-refractivity contribution in [3.63, 3.8) is 0 Å². The highest BCUT2D eigenvalue weighted by Crippen LogP contribution is 2.46. The van der Waals surface area contributed by atoms with E-state index in [0.29, 0.717) is 25.7 Å². The van der Waals surface area contributed by atoms with Gasteiger partial charge in [0, 0.05) is 31.9 Å². The van der Waals surface area contributed by atoms with Crippen LogP contribution in [-0.2, 0) is 0 Å². The van der Waals surface area contributed by atoms with E-state index in [9.17, 15) is 32.3 Å². The average Bonchev–Trinajstić information content (AvgIpc) is 3.58. The molecule has 178 valence electrons. The van der Waals surface area contributed by atoms with Gasteiger partial charge in [0.2, 0.25) is 5.43 Å². The number of carboxylic acids is 1. The van der Waals surface area contributed by atoms with Gasteiger partial charge in [-0.3, -0.25) is 4.79 Å². The first-order valence-electron chi connectivity index (χ1n) is 10.2. The van der Waals surface area contributed by atoms with Crippen LogP contribution in [0.25, 0.3) is 10.9 Å². The number of pyridine rings is 1. The second-order valence-corrected chi connectivity index (χ2v) is 8.03. The standard InChI is InChI=1S/C21H20F5N3O4/c22-14-6-12-16(29(11-3-4-11)9-13(18(12)30)20(31)32)19(33-21(24,25)26)17(14)28-5-1-2-10(8-28)15(23)7-27/h6,9,11H,1-5,7-8,27H2,(H,31,32)/b15-10-. The fraction of sp³-hybridized carbons (Fsp3) is 0.429. The van der Waals surface area contributed by atoms with Crippen molar-refractivity contribution in [3.05, 3.63) is 45.3 Å². The quantitative estimate of drug-likeness (QED) is 0.641. The average molecular weight is 473 g/mol. The summed E-state index contributed by atoms with van der Waals surface area (Å²) in [5, 5.41) is 8.82. The van der Waals surface area contributed by atoms with Gasteiger partial charge in [-0.2, -0.15) is 0 Å². The summed E-state index contributed by atoms with van der Waals surface area (Å²) in [6, 6.07) is 0.352. The van der Waals surface area contributed by atoms with Crippen LogP contribution in [0.3, 0.4) is 0 Å². The Bertz CT molecular complexity index is 1220. The van der Waals surface area contributed by atoms with E-state index in [4.69, 9.17) is 5.73 Å². The molecule has 2 heterocycles. The molecule has 1 saturated heterocycles. The lowest BCUT2D eigenvalue weighted by atomic mass is 10.0. The molecule has 0 radical (unpaired) electrons. The molecule has 0 spiro atoms. The van der Waals surface area contributed by atoms with E-state index in [1.54, 1.807) is 0 Å². The van der Waals surface area contributed by atoms with Crippen LogP contribution in [0, 0.1) is 5.82 Å². The Morgan fingerprint density at radius 1 is 1.30 bits per heavy atom. The molecule has 2 aliphatic rings. The predicted molar refractivity (Wildman–Crippen MR) is 109 cm³/mol. The molecule has 3 N–H and O–H groups in total. The Balaban J connectivity index is 2.03. The summed E-state index contributed by atoms with van der Waals surface area (Å²) < 4.78 is 75.2. The third-order valence-electron chi connectivity index (χ3n) is 5.75. The van der Waals surface area contributed by atoms with Crippen molar-refractivity contribution >= 4 is 22.6 Å². The van der Waals surface area contributed by atoms with Gasteiger partial charge in [-0.1, -0.05) is 0 Å². The van der Waals surface area contributed by atoms with Crippen molar-refractivity contribution in [1.29, 1.82) is 0 Å². The van der Waals surface area contributed by atoms with Crippen molar-refractivity contribution in [2.24, 2.45) is 5.73 Å². The first-order valence-corrected chi connectivity index (χ1v) is 10.2. The third-order valence-corrected chi connectivity index (χ3v) is 5.75. The van der Waals surface area contributed by atoms with Gasteiger partial charge < -0.3 is 25.0 Å². The lowest BCUT2D eigenvalue weighted by Crippen LogP contribution is -2.34. The van der Waals surface area contributed by atoms with Crippen molar-refractivity contribution in [1.82, 2.24) is 4.57 Å². The molecule has 0 unspecified atom stereocenters. The number of carbonyl (C=O) groups is 1. The molecule has 0 bridgehead atoms. The predicted octanol–water partition coefficient (Wildman–Crippen LogP) is 3.85. The van der Waals surface area contributed by atoms with Crippen LogP contribution >= 0.6 is 0 Å². The lowest BCUT2D eigenvalue weighted by molar-refractivity contribution is -0.274. The number of aromatic nitrogens is 1. The number of ether oxygens (including phenoxy) is 1. The van der Waals surface area contributed by atoms with Crippen molar-refractivity contribution < 1.29 is 36.6 Å². The van der Waals surface area contributed by atoms with E-state index in [1.165, 1.54) is 9.47 Å². The molecule has 0 amide bonds. The minimum atomic E-state index is -5.23. The number of carboxylic acid groups (broad SMARTS) is 1. The van der Waals surface area contributed by atoms with Crippen LogP contribution in [-0.4, -0.2) is 41.6 Å². The molecule has 12 heteroatoms. The number of nitrogens with two attached hydrogens (primary N) is 1. The monoisotopic (exact) mass is 473 g/mol.